The van der Waals surface area contributed by atoms with Crippen LogP contribution in [-0.4, -0.2) is 15.4 Å². The zero-order valence-electron chi connectivity index (χ0n) is 7.82. The fourth-order valence-electron chi connectivity index (χ4n) is 1.34. The number of nitrogens with one attached hydrogen (secondary N) is 1. The molecule has 92 valence electrons. The molecule has 1 heterocycles. The largest absolute Gasteiger partial charge is 0.418 e. The molecule has 0 aliphatic rings. The molecule has 0 saturated carbocycles. The first kappa shape index (κ1) is 11.7. The summed E-state index contributed by atoms with van der Waals surface area (Å²) in [7, 11) is 0. The van der Waals surface area contributed by atoms with E-state index in [1.807, 2.05) is 5.10 Å². The number of nitrogens with zero attached hydrogens (tertiary/aromatic N) is 2. The van der Waals surface area contributed by atoms with E-state index in [1.165, 1.54) is 0 Å². The van der Waals surface area contributed by atoms with Gasteiger partial charge in [-0.15, -0.1) is 5.10 Å². The monoisotopic (exact) mass is 255 g/mol. The fraction of sp³-hybridized carbons (Fsp3) is 0.250. The van der Waals surface area contributed by atoms with Crippen molar-refractivity contribution in [1.29, 1.82) is 0 Å². The van der Waals surface area contributed by atoms with Crippen LogP contribution in [0.25, 0.3) is 11.0 Å². The first-order valence-corrected chi connectivity index (χ1v) is 4.19. The van der Waals surface area contributed by atoms with Crippen molar-refractivity contribution >= 4 is 11.0 Å². The molecule has 2 aromatic rings. The lowest BCUT2D eigenvalue weighted by atomic mass is 10.1. The van der Waals surface area contributed by atoms with Crippen LogP contribution in [0, 0.1) is 0 Å². The van der Waals surface area contributed by atoms with Crippen molar-refractivity contribution < 1.29 is 26.3 Å². The highest BCUT2D eigenvalue weighted by atomic mass is 19.4. The molecule has 0 amide bonds. The van der Waals surface area contributed by atoms with Gasteiger partial charge in [-0.25, -0.2) is 0 Å². The van der Waals surface area contributed by atoms with Crippen molar-refractivity contribution in [3.05, 3.63) is 23.3 Å². The molecule has 17 heavy (non-hydrogen) atoms. The fourth-order valence-corrected chi connectivity index (χ4v) is 1.34. The molecule has 0 atom stereocenters. The van der Waals surface area contributed by atoms with Gasteiger partial charge in [0.1, 0.15) is 5.52 Å². The van der Waals surface area contributed by atoms with Crippen molar-refractivity contribution in [2.24, 2.45) is 0 Å². The molecule has 3 nitrogen and oxygen atoms in total. The minimum Gasteiger partial charge on any atom is -0.257 e. The maximum atomic E-state index is 12.5. The van der Waals surface area contributed by atoms with Gasteiger partial charge in [0.2, 0.25) is 0 Å². The molecule has 9 heteroatoms. The van der Waals surface area contributed by atoms with Gasteiger partial charge in [0.05, 0.1) is 16.6 Å². The highest BCUT2D eigenvalue weighted by molar-refractivity contribution is 5.79. The summed E-state index contributed by atoms with van der Waals surface area (Å²) in [6.07, 6.45) is -9.78. The summed E-state index contributed by atoms with van der Waals surface area (Å²) in [4.78, 5) is 0. The lowest BCUT2D eigenvalue weighted by molar-refractivity contribution is -0.142. The Bertz CT molecular complexity index is 552. The minimum absolute atomic E-state index is 0.0300. The number of halogens is 6. The van der Waals surface area contributed by atoms with Gasteiger partial charge in [-0.2, -0.15) is 26.3 Å². The number of hydrogen-bond acceptors (Lipinski definition) is 2. The summed E-state index contributed by atoms with van der Waals surface area (Å²) in [5, 5.41) is 8.14. The van der Waals surface area contributed by atoms with Crippen LogP contribution >= 0.6 is 0 Å². The lowest BCUT2D eigenvalue weighted by Crippen LogP contribution is -2.11. The van der Waals surface area contributed by atoms with Gasteiger partial charge < -0.3 is 0 Å². The smallest absolute Gasteiger partial charge is 0.257 e. The van der Waals surface area contributed by atoms with Gasteiger partial charge in [0.15, 0.2) is 0 Å². The molecule has 0 aliphatic heterocycles. The normalized spacial score (nSPS) is 13.3. The Labute approximate surface area is 89.4 Å². The van der Waals surface area contributed by atoms with E-state index in [0.717, 1.165) is 0 Å². The van der Waals surface area contributed by atoms with Gasteiger partial charge >= 0.3 is 12.4 Å². The number of alkyl halides is 6. The Morgan fingerprint density at radius 3 is 2.12 bits per heavy atom. The lowest BCUT2D eigenvalue weighted by Gasteiger charge is -2.11. The number of rotatable bonds is 0. The summed E-state index contributed by atoms with van der Waals surface area (Å²) < 4.78 is 74.7. The molecule has 0 aliphatic carbocycles. The zero-order chi connectivity index (χ0) is 12.8. The summed E-state index contributed by atoms with van der Waals surface area (Å²) in [5.41, 5.74) is -3.89. The zero-order valence-corrected chi connectivity index (χ0v) is 7.82. The predicted molar refractivity (Wildman–Crippen MR) is 43.9 cm³/mol. The molecule has 1 N–H and O–H groups in total. The molecule has 0 fully saturated rings. The van der Waals surface area contributed by atoms with E-state index in [2.05, 4.69) is 10.3 Å². The summed E-state index contributed by atoms with van der Waals surface area (Å²) in [5.74, 6) is 0. The second-order valence-corrected chi connectivity index (χ2v) is 3.23. The van der Waals surface area contributed by atoms with Crippen LogP contribution in [0.1, 0.15) is 11.1 Å². The SMILES string of the molecule is FC(F)(F)c1cc(C(F)(F)F)c2[nH]nnc2c1. The van der Waals surface area contributed by atoms with Crippen LogP contribution in [0.15, 0.2) is 12.1 Å². The quantitative estimate of drug-likeness (QED) is 0.735. The van der Waals surface area contributed by atoms with Crippen molar-refractivity contribution in [1.82, 2.24) is 15.4 Å². The first-order valence-electron chi connectivity index (χ1n) is 4.19. The van der Waals surface area contributed by atoms with Crippen LogP contribution < -0.4 is 0 Å². The summed E-state index contributed by atoms with van der Waals surface area (Å²) in [6, 6.07) is 0.538. The van der Waals surface area contributed by atoms with Gasteiger partial charge in [-0.3, -0.25) is 5.10 Å². The van der Waals surface area contributed by atoms with Crippen LogP contribution in [0.5, 0.6) is 0 Å². The average molecular weight is 255 g/mol. The molecular weight excluding hydrogens is 252 g/mol. The number of fused-ring (bicyclic) bond motifs is 1. The molecule has 1 aromatic heterocycles. The first-order chi connectivity index (χ1) is 7.69. The second-order valence-electron chi connectivity index (χ2n) is 3.23. The van der Waals surface area contributed by atoms with E-state index in [9.17, 15) is 26.3 Å². The summed E-state index contributed by atoms with van der Waals surface area (Å²) in [6.45, 7) is 0. The van der Waals surface area contributed by atoms with E-state index < -0.39 is 34.5 Å². The van der Waals surface area contributed by atoms with Crippen LogP contribution in [0.4, 0.5) is 26.3 Å². The maximum Gasteiger partial charge on any atom is 0.418 e. The Kier molecular flexibility index (Phi) is 2.30. The number of hydrogen-bond donors (Lipinski definition) is 1. The highest BCUT2D eigenvalue weighted by Crippen LogP contribution is 2.38. The van der Waals surface area contributed by atoms with Crippen LogP contribution in [-0.2, 0) is 12.4 Å². The summed E-state index contributed by atoms with van der Waals surface area (Å²) >= 11 is 0. The Balaban J connectivity index is 2.76. The highest BCUT2D eigenvalue weighted by Gasteiger charge is 2.38. The molecule has 0 unspecified atom stereocenters. The average Bonchev–Trinajstić information content (AvgIpc) is 2.59. The molecule has 0 bridgehead atoms. The molecule has 0 saturated heterocycles. The number of benzene rings is 1. The standard InChI is InChI=1S/C8H3F6N3/c9-7(10,11)3-1-4(8(12,13)14)6-5(2-3)15-17-16-6/h1-2H,(H,15,16,17). The van der Waals surface area contributed by atoms with Crippen molar-refractivity contribution in [3.8, 4) is 0 Å². The molecule has 2 rings (SSSR count). The van der Waals surface area contributed by atoms with Crippen molar-refractivity contribution in [3.63, 3.8) is 0 Å². The number of aromatic amines is 1. The molecular formula is C8H3F6N3. The maximum absolute atomic E-state index is 12.5. The number of aromatic nitrogens is 3. The molecule has 0 spiro atoms. The van der Waals surface area contributed by atoms with Gasteiger partial charge in [-0.05, 0) is 12.1 Å². The van der Waals surface area contributed by atoms with E-state index in [-0.39, 0.29) is 6.07 Å². The predicted octanol–water partition coefficient (Wildman–Crippen LogP) is 3.00. The third kappa shape index (κ3) is 2.04. The van der Waals surface area contributed by atoms with E-state index in [4.69, 9.17) is 0 Å². The van der Waals surface area contributed by atoms with Crippen LogP contribution in [0.3, 0.4) is 0 Å². The Morgan fingerprint density at radius 2 is 1.59 bits per heavy atom. The third-order valence-electron chi connectivity index (χ3n) is 2.07. The minimum atomic E-state index is -4.91. The van der Waals surface area contributed by atoms with E-state index >= 15 is 0 Å². The van der Waals surface area contributed by atoms with E-state index in [1.54, 1.807) is 0 Å². The molecule has 1 aromatic carbocycles. The second kappa shape index (κ2) is 3.34. The topological polar surface area (TPSA) is 41.6 Å². The van der Waals surface area contributed by atoms with Crippen molar-refractivity contribution in [2.45, 2.75) is 12.4 Å². The Hall–Kier alpha value is -1.80. The van der Waals surface area contributed by atoms with Gasteiger partial charge in [0.25, 0.3) is 0 Å². The van der Waals surface area contributed by atoms with Crippen LogP contribution in [0.2, 0.25) is 0 Å². The molecule has 0 radical (unpaired) electrons. The number of H-pyrrole nitrogens is 1. The van der Waals surface area contributed by atoms with E-state index in [0.29, 0.717) is 6.07 Å². The van der Waals surface area contributed by atoms with Gasteiger partial charge in [-0.1, -0.05) is 5.21 Å². The van der Waals surface area contributed by atoms with Crippen molar-refractivity contribution in [2.75, 3.05) is 0 Å². The van der Waals surface area contributed by atoms with Gasteiger partial charge in [0, 0.05) is 0 Å². The Morgan fingerprint density at radius 1 is 0.941 bits per heavy atom. The third-order valence-corrected chi connectivity index (χ3v) is 2.07.